The van der Waals surface area contributed by atoms with E-state index in [2.05, 4.69) is 15.7 Å². The zero-order valence-electron chi connectivity index (χ0n) is 14.6. The maximum absolute atomic E-state index is 5.37. The predicted octanol–water partition coefficient (Wildman–Crippen LogP) is 3.76. The van der Waals surface area contributed by atoms with Gasteiger partial charge in [0.05, 0.1) is 38.3 Å². The summed E-state index contributed by atoms with van der Waals surface area (Å²) >= 11 is 5.37. The molecule has 2 aromatic carbocycles. The largest absolute Gasteiger partial charge is 0.497 e. The molecule has 6 nitrogen and oxygen atoms in total. The number of benzene rings is 2. The molecule has 0 unspecified atom stereocenters. The number of methoxy groups -OCH3 is 2. The van der Waals surface area contributed by atoms with E-state index in [1.807, 2.05) is 59.4 Å². The van der Waals surface area contributed by atoms with Gasteiger partial charge in [0.25, 0.3) is 0 Å². The number of para-hydroxylation sites is 2. The van der Waals surface area contributed by atoms with Crippen molar-refractivity contribution in [3.63, 3.8) is 0 Å². The fourth-order valence-corrected chi connectivity index (χ4v) is 2.73. The van der Waals surface area contributed by atoms with Gasteiger partial charge in [-0.25, -0.2) is 0 Å². The molecule has 134 valence electrons. The minimum Gasteiger partial charge on any atom is -0.497 e. The Morgan fingerprint density at radius 2 is 1.92 bits per heavy atom. The van der Waals surface area contributed by atoms with E-state index in [-0.39, 0.29) is 0 Å². The Bertz CT molecular complexity index is 895. The van der Waals surface area contributed by atoms with Crippen LogP contribution in [0.2, 0.25) is 0 Å². The highest BCUT2D eigenvalue weighted by atomic mass is 32.1. The molecule has 1 aromatic heterocycles. The summed E-state index contributed by atoms with van der Waals surface area (Å²) in [5, 5.41) is 11.1. The molecule has 26 heavy (non-hydrogen) atoms. The first-order chi connectivity index (χ1) is 12.7. The molecule has 0 aliphatic carbocycles. The third-order valence-electron chi connectivity index (χ3n) is 3.73. The van der Waals surface area contributed by atoms with Crippen LogP contribution in [0.4, 0.5) is 11.4 Å². The van der Waals surface area contributed by atoms with Crippen LogP contribution in [0.5, 0.6) is 11.5 Å². The Morgan fingerprint density at radius 1 is 1.08 bits per heavy atom. The number of ether oxygens (including phenoxy) is 2. The molecule has 1 heterocycles. The highest BCUT2D eigenvalue weighted by Gasteiger charge is 2.06. The summed E-state index contributed by atoms with van der Waals surface area (Å²) in [6.07, 6.45) is 3.63. The lowest BCUT2D eigenvalue weighted by molar-refractivity contribution is 0.414. The third kappa shape index (κ3) is 4.52. The summed E-state index contributed by atoms with van der Waals surface area (Å²) in [6, 6.07) is 15.5. The molecule has 0 amide bonds. The highest BCUT2D eigenvalue weighted by molar-refractivity contribution is 7.80. The SMILES string of the molecule is COc1cccc(Cn2cc(NC(=S)Nc3ccccc3OC)cn2)c1. The number of aromatic nitrogens is 2. The number of hydrogen-bond donors (Lipinski definition) is 2. The van der Waals surface area contributed by atoms with E-state index < -0.39 is 0 Å². The molecule has 0 saturated carbocycles. The number of nitrogens with zero attached hydrogens (tertiary/aromatic N) is 2. The van der Waals surface area contributed by atoms with Crippen LogP contribution in [0.1, 0.15) is 5.56 Å². The second-order valence-corrected chi connectivity index (χ2v) is 5.97. The number of thiocarbonyl (C=S) groups is 1. The molecule has 3 aromatic rings. The van der Waals surface area contributed by atoms with Crippen LogP contribution in [0.3, 0.4) is 0 Å². The van der Waals surface area contributed by atoms with Crippen molar-refractivity contribution < 1.29 is 9.47 Å². The molecule has 0 aliphatic rings. The van der Waals surface area contributed by atoms with Gasteiger partial charge in [-0.2, -0.15) is 5.10 Å². The van der Waals surface area contributed by atoms with Gasteiger partial charge in [0.1, 0.15) is 11.5 Å². The van der Waals surface area contributed by atoms with E-state index >= 15 is 0 Å². The normalized spacial score (nSPS) is 10.2. The molecule has 0 bridgehead atoms. The van der Waals surface area contributed by atoms with Crippen molar-refractivity contribution in [2.24, 2.45) is 0 Å². The Balaban J connectivity index is 1.61. The molecular weight excluding hydrogens is 348 g/mol. The maximum Gasteiger partial charge on any atom is 0.175 e. The highest BCUT2D eigenvalue weighted by Crippen LogP contribution is 2.23. The molecule has 0 radical (unpaired) electrons. The summed E-state index contributed by atoms with van der Waals surface area (Å²) < 4.78 is 12.4. The third-order valence-corrected chi connectivity index (χ3v) is 3.93. The summed E-state index contributed by atoms with van der Waals surface area (Å²) in [4.78, 5) is 0. The summed E-state index contributed by atoms with van der Waals surface area (Å²) in [5.41, 5.74) is 2.71. The van der Waals surface area contributed by atoms with Crippen molar-refractivity contribution in [1.29, 1.82) is 0 Å². The number of rotatable bonds is 6. The van der Waals surface area contributed by atoms with Crippen LogP contribution in [0.25, 0.3) is 0 Å². The van der Waals surface area contributed by atoms with Gasteiger partial charge in [-0.05, 0) is 42.0 Å². The van der Waals surface area contributed by atoms with E-state index in [1.54, 1.807) is 20.4 Å². The van der Waals surface area contributed by atoms with Crippen LogP contribution >= 0.6 is 12.2 Å². The van der Waals surface area contributed by atoms with Crippen molar-refractivity contribution in [2.75, 3.05) is 24.9 Å². The Labute approximate surface area is 157 Å². The lowest BCUT2D eigenvalue weighted by Crippen LogP contribution is -2.19. The Kier molecular flexibility index (Phi) is 5.70. The van der Waals surface area contributed by atoms with Crippen molar-refractivity contribution in [1.82, 2.24) is 9.78 Å². The molecular formula is C19H20N4O2S. The monoisotopic (exact) mass is 368 g/mol. The molecule has 0 saturated heterocycles. The summed E-state index contributed by atoms with van der Waals surface area (Å²) in [5.74, 6) is 1.56. The molecule has 7 heteroatoms. The topological polar surface area (TPSA) is 60.3 Å². The van der Waals surface area contributed by atoms with Crippen molar-refractivity contribution in [3.05, 3.63) is 66.5 Å². The molecule has 2 N–H and O–H groups in total. The first-order valence-corrected chi connectivity index (χ1v) is 8.45. The first kappa shape index (κ1) is 17.8. The van der Waals surface area contributed by atoms with Gasteiger partial charge in [0.15, 0.2) is 5.11 Å². The molecule has 0 fully saturated rings. The fraction of sp³-hybridized carbons (Fsp3) is 0.158. The second kappa shape index (κ2) is 8.35. The molecule has 0 aliphatic heterocycles. The zero-order chi connectivity index (χ0) is 18.4. The van der Waals surface area contributed by atoms with Gasteiger partial charge in [0, 0.05) is 6.20 Å². The average Bonchev–Trinajstić information content (AvgIpc) is 3.08. The number of anilines is 2. The Morgan fingerprint density at radius 3 is 2.73 bits per heavy atom. The van der Waals surface area contributed by atoms with Gasteiger partial charge in [-0.15, -0.1) is 0 Å². The number of nitrogens with one attached hydrogen (secondary N) is 2. The predicted molar refractivity (Wildman–Crippen MR) is 107 cm³/mol. The van der Waals surface area contributed by atoms with E-state index in [4.69, 9.17) is 21.7 Å². The van der Waals surface area contributed by atoms with Gasteiger partial charge < -0.3 is 20.1 Å². The van der Waals surface area contributed by atoms with Crippen molar-refractivity contribution in [2.45, 2.75) is 6.54 Å². The van der Waals surface area contributed by atoms with Crippen LogP contribution in [-0.4, -0.2) is 29.1 Å². The van der Waals surface area contributed by atoms with Gasteiger partial charge in [0.2, 0.25) is 0 Å². The summed E-state index contributed by atoms with van der Waals surface area (Å²) in [6.45, 7) is 0.644. The minimum absolute atomic E-state index is 0.468. The average molecular weight is 368 g/mol. The second-order valence-electron chi connectivity index (χ2n) is 5.56. The van der Waals surface area contributed by atoms with E-state index in [1.165, 1.54) is 0 Å². The standard InChI is InChI=1S/C19H20N4O2S/c1-24-16-7-5-6-14(10-16)12-23-13-15(11-20-23)21-19(26)22-17-8-3-4-9-18(17)25-2/h3-11,13H,12H2,1-2H3,(H2,21,22,26). The fourth-order valence-electron chi connectivity index (χ4n) is 2.51. The maximum atomic E-state index is 5.37. The lowest BCUT2D eigenvalue weighted by atomic mass is 10.2. The minimum atomic E-state index is 0.468. The van der Waals surface area contributed by atoms with E-state index in [0.717, 1.165) is 28.4 Å². The van der Waals surface area contributed by atoms with Gasteiger partial charge in [-0.3, -0.25) is 4.68 Å². The summed E-state index contributed by atoms with van der Waals surface area (Å²) in [7, 11) is 3.28. The zero-order valence-corrected chi connectivity index (χ0v) is 15.4. The number of hydrogen-bond acceptors (Lipinski definition) is 4. The smallest absolute Gasteiger partial charge is 0.175 e. The van der Waals surface area contributed by atoms with E-state index in [0.29, 0.717) is 11.7 Å². The van der Waals surface area contributed by atoms with Crippen LogP contribution < -0.4 is 20.1 Å². The van der Waals surface area contributed by atoms with Crippen molar-refractivity contribution >= 4 is 28.7 Å². The van der Waals surface area contributed by atoms with Crippen molar-refractivity contribution in [3.8, 4) is 11.5 Å². The van der Waals surface area contributed by atoms with Crippen LogP contribution in [0.15, 0.2) is 60.9 Å². The Hall–Kier alpha value is -3.06. The lowest BCUT2D eigenvalue weighted by Gasteiger charge is -2.12. The first-order valence-electron chi connectivity index (χ1n) is 8.04. The van der Waals surface area contributed by atoms with E-state index in [9.17, 15) is 0 Å². The molecule has 3 rings (SSSR count). The van der Waals surface area contributed by atoms with Gasteiger partial charge >= 0.3 is 0 Å². The van der Waals surface area contributed by atoms with Crippen LogP contribution in [-0.2, 0) is 6.54 Å². The molecule has 0 spiro atoms. The quantitative estimate of drug-likeness (QED) is 0.646. The molecule has 0 atom stereocenters. The van der Waals surface area contributed by atoms with Crippen LogP contribution in [0, 0.1) is 0 Å². The van der Waals surface area contributed by atoms with Gasteiger partial charge in [-0.1, -0.05) is 24.3 Å².